The van der Waals surface area contributed by atoms with Crippen molar-refractivity contribution in [2.45, 2.75) is 32.0 Å². The summed E-state index contributed by atoms with van der Waals surface area (Å²) in [5.74, 6) is -1.29. The maximum absolute atomic E-state index is 11.3. The molecule has 108 valence electrons. The van der Waals surface area contributed by atoms with Gasteiger partial charge in [-0.05, 0) is 18.9 Å². The van der Waals surface area contributed by atoms with Gasteiger partial charge in [-0.2, -0.15) is 0 Å². The van der Waals surface area contributed by atoms with Crippen LogP contribution in [0.5, 0.6) is 0 Å². The maximum Gasteiger partial charge on any atom is 0.343 e. The Labute approximate surface area is 115 Å². The van der Waals surface area contributed by atoms with E-state index in [2.05, 4.69) is 5.32 Å². The largest absolute Gasteiger partial charge is 0.477 e. The van der Waals surface area contributed by atoms with Crippen LogP contribution < -0.4 is 5.32 Å². The summed E-state index contributed by atoms with van der Waals surface area (Å²) in [6.07, 6.45) is 0.903. The van der Waals surface area contributed by atoms with Gasteiger partial charge in [0, 0.05) is 25.3 Å². The Hall–Kier alpha value is -1.99. The molecule has 1 aromatic carbocycles. The molecule has 1 heterocycles. The molecule has 1 aromatic rings. The summed E-state index contributed by atoms with van der Waals surface area (Å²) in [4.78, 5) is 21.5. The van der Waals surface area contributed by atoms with Gasteiger partial charge in [0.1, 0.15) is 5.56 Å². The van der Waals surface area contributed by atoms with Gasteiger partial charge in [-0.15, -0.1) is 0 Å². The number of ether oxygens (including phenoxy) is 1. The zero-order valence-corrected chi connectivity index (χ0v) is 11.0. The summed E-state index contributed by atoms with van der Waals surface area (Å²) in [7, 11) is 0. The number of carbonyl (C=O) groups is 1. The quantitative estimate of drug-likeness (QED) is 0.627. The van der Waals surface area contributed by atoms with E-state index in [1.54, 1.807) is 6.07 Å². The predicted molar refractivity (Wildman–Crippen MR) is 70.7 cm³/mol. The van der Waals surface area contributed by atoms with Gasteiger partial charge in [0.15, 0.2) is 0 Å². The number of rotatable bonds is 5. The van der Waals surface area contributed by atoms with Crippen molar-refractivity contribution in [2.75, 3.05) is 6.61 Å². The van der Waals surface area contributed by atoms with E-state index in [-0.39, 0.29) is 29.9 Å². The molecule has 2 atom stereocenters. The summed E-state index contributed by atoms with van der Waals surface area (Å²) in [5, 5.41) is 23.3. The Bertz CT molecular complexity index is 531. The van der Waals surface area contributed by atoms with E-state index >= 15 is 0 Å². The lowest BCUT2D eigenvalue weighted by Gasteiger charge is -2.16. The smallest absolute Gasteiger partial charge is 0.343 e. The minimum atomic E-state index is -1.29. The summed E-state index contributed by atoms with van der Waals surface area (Å²) in [6.45, 7) is 2.87. The Balaban J connectivity index is 2.20. The van der Waals surface area contributed by atoms with E-state index in [1.807, 2.05) is 6.92 Å². The van der Waals surface area contributed by atoms with Crippen molar-refractivity contribution < 1.29 is 19.6 Å². The number of hydrogen-bond donors (Lipinski definition) is 2. The van der Waals surface area contributed by atoms with Crippen LogP contribution in [0.3, 0.4) is 0 Å². The highest BCUT2D eigenvalue weighted by molar-refractivity contribution is 5.94. The lowest BCUT2D eigenvalue weighted by molar-refractivity contribution is -0.385. The Morgan fingerprint density at radius 1 is 1.60 bits per heavy atom. The molecule has 1 aliphatic rings. The summed E-state index contributed by atoms with van der Waals surface area (Å²) >= 11 is 0. The first kappa shape index (κ1) is 14.4. The highest BCUT2D eigenvalue weighted by atomic mass is 16.6. The molecule has 1 aliphatic heterocycles. The minimum absolute atomic E-state index is 0.0574. The molecular formula is C13H16N2O5. The van der Waals surface area contributed by atoms with Gasteiger partial charge in [-0.1, -0.05) is 12.1 Å². The molecule has 0 aliphatic carbocycles. The second-order valence-corrected chi connectivity index (χ2v) is 4.73. The topological polar surface area (TPSA) is 102 Å². The maximum atomic E-state index is 11.3. The number of carboxylic acid groups (broad SMARTS) is 1. The first-order valence-corrected chi connectivity index (χ1v) is 6.35. The number of benzene rings is 1. The standard InChI is InChI=1S/C13H16N2O5/c1-8-10(5-6-20-8)14-7-9-3-2-4-11(15(18)19)12(9)13(16)17/h2-4,8,10,14H,5-7H2,1H3,(H,16,17). The van der Waals surface area contributed by atoms with E-state index in [1.165, 1.54) is 12.1 Å². The lowest BCUT2D eigenvalue weighted by atomic mass is 10.0. The second kappa shape index (κ2) is 5.98. The first-order chi connectivity index (χ1) is 9.50. The fourth-order valence-electron chi connectivity index (χ4n) is 2.37. The van der Waals surface area contributed by atoms with Crippen LogP contribution in [0.1, 0.15) is 29.3 Å². The molecule has 0 saturated carbocycles. The van der Waals surface area contributed by atoms with Crippen molar-refractivity contribution in [1.82, 2.24) is 5.32 Å². The molecular weight excluding hydrogens is 264 g/mol. The average molecular weight is 280 g/mol. The zero-order chi connectivity index (χ0) is 14.7. The van der Waals surface area contributed by atoms with Crippen LogP contribution in [0.15, 0.2) is 18.2 Å². The van der Waals surface area contributed by atoms with Gasteiger partial charge in [0.2, 0.25) is 0 Å². The van der Waals surface area contributed by atoms with Crippen LogP contribution in [0, 0.1) is 10.1 Å². The van der Waals surface area contributed by atoms with Crippen LogP contribution >= 0.6 is 0 Å². The molecule has 1 saturated heterocycles. The number of hydrogen-bond acceptors (Lipinski definition) is 5. The van der Waals surface area contributed by atoms with Crippen molar-refractivity contribution >= 4 is 11.7 Å². The third kappa shape index (κ3) is 2.94. The number of nitrogens with zero attached hydrogens (tertiary/aromatic N) is 1. The molecule has 2 N–H and O–H groups in total. The monoisotopic (exact) mass is 280 g/mol. The molecule has 2 rings (SSSR count). The minimum Gasteiger partial charge on any atom is -0.477 e. The normalized spacial score (nSPS) is 21.9. The van der Waals surface area contributed by atoms with Gasteiger partial charge < -0.3 is 15.2 Å². The number of nitro groups is 1. The van der Waals surface area contributed by atoms with Crippen molar-refractivity contribution in [3.63, 3.8) is 0 Å². The molecule has 0 spiro atoms. The van der Waals surface area contributed by atoms with Crippen LogP contribution in [0.25, 0.3) is 0 Å². The van der Waals surface area contributed by atoms with Crippen LogP contribution in [-0.2, 0) is 11.3 Å². The molecule has 7 nitrogen and oxygen atoms in total. The van der Waals surface area contributed by atoms with Gasteiger partial charge >= 0.3 is 5.97 Å². The first-order valence-electron chi connectivity index (χ1n) is 6.35. The summed E-state index contributed by atoms with van der Waals surface area (Å²) in [6, 6.07) is 4.42. The van der Waals surface area contributed by atoms with Gasteiger partial charge in [-0.25, -0.2) is 4.79 Å². The number of carboxylic acids is 1. The second-order valence-electron chi connectivity index (χ2n) is 4.73. The third-order valence-corrected chi connectivity index (χ3v) is 3.47. The molecule has 0 bridgehead atoms. The van der Waals surface area contributed by atoms with E-state index < -0.39 is 10.9 Å². The Kier molecular flexibility index (Phi) is 4.31. The summed E-state index contributed by atoms with van der Waals surface area (Å²) in [5.41, 5.74) is -0.227. The van der Waals surface area contributed by atoms with Crippen LogP contribution in [0.2, 0.25) is 0 Å². The van der Waals surface area contributed by atoms with Gasteiger partial charge in [-0.3, -0.25) is 10.1 Å². The third-order valence-electron chi connectivity index (χ3n) is 3.47. The zero-order valence-electron chi connectivity index (χ0n) is 11.0. The van der Waals surface area contributed by atoms with Crippen molar-refractivity contribution in [2.24, 2.45) is 0 Å². The van der Waals surface area contributed by atoms with E-state index in [9.17, 15) is 20.0 Å². The highest BCUT2D eigenvalue weighted by Crippen LogP contribution is 2.23. The van der Waals surface area contributed by atoms with Crippen molar-refractivity contribution in [1.29, 1.82) is 0 Å². The van der Waals surface area contributed by atoms with Crippen molar-refractivity contribution in [3.05, 3.63) is 39.4 Å². The van der Waals surface area contributed by atoms with Crippen LogP contribution in [-0.4, -0.2) is 34.8 Å². The Morgan fingerprint density at radius 3 is 2.90 bits per heavy atom. The predicted octanol–water partition coefficient (Wildman–Crippen LogP) is 1.56. The van der Waals surface area contributed by atoms with Gasteiger partial charge in [0.25, 0.3) is 5.69 Å². The average Bonchev–Trinajstić information content (AvgIpc) is 2.81. The fourth-order valence-corrected chi connectivity index (χ4v) is 2.37. The van der Waals surface area contributed by atoms with Crippen LogP contribution in [0.4, 0.5) is 5.69 Å². The van der Waals surface area contributed by atoms with Crippen molar-refractivity contribution in [3.8, 4) is 0 Å². The van der Waals surface area contributed by atoms with E-state index in [0.29, 0.717) is 12.2 Å². The Morgan fingerprint density at radius 2 is 2.35 bits per heavy atom. The van der Waals surface area contributed by atoms with Gasteiger partial charge in [0.05, 0.1) is 11.0 Å². The fraction of sp³-hybridized carbons (Fsp3) is 0.462. The highest BCUT2D eigenvalue weighted by Gasteiger charge is 2.26. The molecule has 0 radical (unpaired) electrons. The molecule has 20 heavy (non-hydrogen) atoms. The SMILES string of the molecule is CC1OCCC1NCc1cccc([N+](=O)[O-])c1C(=O)O. The summed E-state index contributed by atoms with van der Waals surface area (Å²) < 4.78 is 5.41. The molecule has 0 amide bonds. The molecule has 7 heteroatoms. The lowest BCUT2D eigenvalue weighted by Crippen LogP contribution is -2.34. The molecule has 0 aromatic heterocycles. The molecule has 2 unspecified atom stereocenters. The number of aromatic carboxylic acids is 1. The molecule has 1 fully saturated rings. The number of nitrogens with one attached hydrogen (secondary N) is 1. The van der Waals surface area contributed by atoms with E-state index in [4.69, 9.17) is 4.74 Å². The van der Waals surface area contributed by atoms with E-state index in [0.717, 1.165) is 6.42 Å². The number of nitro benzene ring substituents is 1.